The van der Waals surface area contributed by atoms with E-state index in [0.717, 1.165) is 44.7 Å². The fourth-order valence-corrected chi connectivity index (χ4v) is 4.09. The molecule has 3 rings (SSSR count). The summed E-state index contributed by atoms with van der Waals surface area (Å²) in [6.07, 6.45) is 3.45. The van der Waals surface area contributed by atoms with Crippen LogP contribution >= 0.6 is 0 Å². The summed E-state index contributed by atoms with van der Waals surface area (Å²) in [5.41, 5.74) is 2.28. The van der Waals surface area contributed by atoms with Gasteiger partial charge in [-0.05, 0) is 74.2 Å². The fourth-order valence-electron chi connectivity index (χ4n) is 4.09. The number of hydrogen-bond donors (Lipinski definition) is 1. The lowest BCUT2D eigenvalue weighted by molar-refractivity contribution is 0.142. The molecule has 0 unspecified atom stereocenters. The number of hydrogen-bond acceptors (Lipinski definition) is 4. The lowest BCUT2D eigenvalue weighted by Gasteiger charge is -2.34. The molecule has 0 amide bonds. The highest BCUT2D eigenvalue weighted by Crippen LogP contribution is 2.27. The lowest BCUT2D eigenvalue weighted by atomic mass is 9.97. The van der Waals surface area contributed by atoms with Crippen LogP contribution in [0.15, 0.2) is 42.5 Å². The quantitative estimate of drug-likeness (QED) is 0.746. The van der Waals surface area contributed by atoms with E-state index in [0.29, 0.717) is 11.7 Å². The number of aromatic hydroxyl groups is 1. The molecule has 0 bridgehead atoms. The van der Waals surface area contributed by atoms with Crippen molar-refractivity contribution < 1.29 is 14.2 Å². The molecule has 1 heterocycles. The number of methoxy groups -OCH3 is 1. The highest BCUT2D eigenvalue weighted by atomic mass is 19.1. The molecule has 1 atom stereocenters. The molecule has 1 aliphatic rings. The van der Waals surface area contributed by atoms with E-state index in [1.807, 2.05) is 24.3 Å². The van der Waals surface area contributed by atoms with Crippen molar-refractivity contribution in [2.24, 2.45) is 5.92 Å². The van der Waals surface area contributed by atoms with E-state index >= 15 is 0 Å². The second-order valence-corrected chi connectivity index (χ2v) is 7.89. The number of rotatable bonds is 8. The van der Waals surface area contributed by atoms with E-state index in [1.165, 1.54) is 18.4 Å². The molecule has 0 saturated carbocycles. The van der Waals surface area contributed by atoms with Gasteiger partial charge in [0.15, 0.2) is 11.5 Å². The molecule has 0 spiro atoms. The number of phenols is 1. The zero-order chi connectivity index (χ0) is 19.9. The first-order valence-electron chi connectivity index (χ1n) is 10.0. The number of benzene rings is 2. The molecule has 0 radical (unpaired) electrons. The Kier molecular flexibility index (Phi) is 7.29. The second kappa shape index (κ2) is 9.89. The Hall–Kier alpha value is -2.11. The van der Waals surface area contributed by atoms with Gasteiger partial charge in [0.2, 0.25) is 0 Å². The van der Waals surface area contributed by atoms with Crippen molar-refractivity contribution in [3.05, 3.63) is 59.4 Å². The standard InChI is InChI=1S/C23H31FN2O2/c1-25(15-19-7-10-23(28-2)22(27)14-19)16-20-4-3-12-26(17-20)13-11-18-5-8-21(24)9-6-18/h5-10,14,20,27H,3-4,11-13,15-17H2,1-2H3/t20-/m0/s1. The molecular formula is C23H31FN2O2. The zero-order valence-electron chi connectivity index (χ0n) is 16.9. The van der Waals surface area contributed by atoms with Crippen LogP contribution in [0.25, 0.3) is 0 Å². The fraction of sp³-hybridized carbons (Fsp3) is 0.478. The lowest BCUT2D eigenvalue weighted by Crippen LogP contribution is -2.40. The Morgan fingerprint density at radius 3 is 2.64 bits per heavy atom. The van der Waals surface area contributed by atoms with Gasteiger partial charge in [-0.2, -0.15) is 0 Å². The van der Waals surface area contributed by atoms with Crippen molar-refractivity contribution in [2.45, 2.75) is 25.8 Å². The van der Waals surface area contributed by atoms with Gasteiger partial charge < -0.3 is 19.6 Å². The van der Waals surface area contributed by atoms with Crippen LogP contribution in [0.4, 0.5) is 4.39 Å². The Morgan fingerprint density at radius 1 is 1.18 bits per heavy atom. The third kappa shape index (κ3) is 5.94. The predicted molar refractivity (Wildman–Crippen MR) is 110 cm³/mol. The molecule has 0 aliphatic carbocycles. The average Bonchev–Trinajstić information content (AvgIpc) is 2.68. The van der Waals surface area contributed by atoms with E-state index in [-0.39, 0.29) is 11.6 Å². The Morgan fingerprint density at radius 2 is 1.93 bits per heavy atom. The van der Waals surface area contributed by atoms with Crippen LogP contribution in [0.1, 0.15) is 24.0 Å². The summed E-state index contributed by atoms with van der Waals surface area (Å²) in [6.45, 7) is 5.13. The maximum atomic E-state index is 13.0. The predicted octanol–water partition coefficient (Wildman–Crippen LogP) is 3.93. The molecule has 1 saturated heterocycles. The van der Waals surface area contributed by atoms with Crippen LogP contribution in [0, 0.1) is 11.7 Å². The molecule has 152 valence electrons. The van der Waals surface area contributed by atoms with Gasteiger partial charge in [0, 0.05) is 26.2 Å². The van der Waals surface area contributed by atoms with Gasteiger partial charge in [0.05, 0.1) is 7.11 Å². The van der Waals surface area contributed by atoms with E-state index < -0.39 is 0 Å². The topological polar surface area (TPSA) is 35.9 Å². The van der Waals surface area contributed by atoms with Gasteiger partial charge in [-0.25, -0.2) is 4.39 Å². The molecule has 4 nitrogen and oxygen atoms in total. The summed E-state index contributed by atoms with van der Waals surface area (Å²) in [4.78, 5) is 4.86. The van der Waals surface area contributed by atoms with Crippen LogP contribution < -0.4 is 4.74 Å². The largest absolute Gasteiger partial charge is 0.504 e. The summed E-state index contributed by atoms with van der Waals surface area (Å²) in [5.74, 6) is 1.18. The van der Waals surface area contributed by atoms with Crippen LogP contribution in [0.2, 0.25) is 0 Å². The molecule has 2 aromatic rings. The number of piperidine rings is 1. The molecule has 1 fully saturated rings. The molecule has 1 aliphatic heterocycles. The third-order valence-corrected chi connectivity index (χ3v) is 5.50. The Balaban J connectivity index is 1.46. The van der Waals surface area contributed by atoms with Crippen LogP contribution in [-0.2, 0) is 13.0 Å². The first kappa shape index (κ1) is 20.6. The van der Waals surface area contributed by atoms with E-state index in [2.05, 4.69) is 16.8 Å². The maximum absolute atomic E-state index is 13.0. The SMILES string of the molecule is COc1ccc(CN(C)C[C@@H]2CCCN(CCc3ccc(F)cc3)C2)cc1O. The first-order valence-corrected chi connectivity index (χ1v) is 10.0. The number of halogens is 1. The van der Waals surface area contributed by atoms with E-state index in [9.17, 15) is 9.50 Å². The Bertz CT molecular complexity index is 751. The maximum Gasteiger partial charge on any atom is 0.160 e. The van der Waals surface area contributed by atoms with E-state index in [1.54, 1.807) is 25.3 Å². The summed E-state index contributed by atoms with van der Waals surface area (Å²) < 4.78 is 18.1. The highest BCUT2D eigenvalue weighted by Gasteiger charge is 2.21. The summed E-state index contributed by atoms with van der Waals surface area (Å²) >= 11 is 0. The van der Waals surface area contributed by atoms with Gasteiger partial charge in [0.25, 0.3) is 0 Å². The van der Waals surface area contributed by atoms with Gasteiger partial charge in [-0.3, -0.25) is 0 Å². The van der Waals surface area contributed by atoms with Gasteiger partial charge in [-0.15, -0.1) is 0 Å². The molecule has 28 heavy (non-hydrogen) atoms. The van der Waals surface area contributed by atoms with Crippen LogP contribution in [0.5, 0.6) is 11.5 Å². The number of ether oxygens (including phenoxy) is 1. The smallest absolute Gasteiger partial charge is 0.160 e. The van der Waals surface area contributed by atoms with Crippen LogP contribution in [-0.4, -0.2) is 55.2 Å². The van der Waals surface area contributed by atoms with Gasteiger partial charge >= 0.3 is 0 Å². The molecule has 2 aromatic carbocycles. The van der Waals surface area contributed by atoms with Crippen LogP contribution in [0.3, 0.4) is 0 Å². The second-order valence-electron chi connectivity index (χ2n) is 7.89. The number of nitrogens with zero attached hydrogens (tertiary/aromatic N) is 2. The van der Waals surface area contributed by atoms with Crippen molar-refractivity contribution in [3.8, 4) is 11.5 Å². The molecule has 1 N–H and O–H groups in total. The summed E-state index contributed by atoms with van der Waals surface area (Å²) in [6, 6.07) is 12.5. The van der Waals surface area contributed by atoms with Crippen molar-refractivity contribution in [2.75, 3.05) is 40.3 Å². The molecular weight excluding hydrogens is 355 g/mol. The third-order valence-electron chi connectivity index (χ3n) is 5.50. The average molecular weight is 387 g/mol. The van der Waals surface area contributed by atoms with E-state index in [4.69, 9.17) is 4.74 Å². The first-order chi connectivity index (χ1) is 13.5. The van der Waals surface area contributed by atoms with Crippen molar-refractivity contribution in [3.63, 3.8) is 0 Å². The molecule has 0 aromatic heterocycles. The van der Waals surface area contributed by atoms with Gasteiger partial charge in [-0.1, -0.05) is 18.2 Å². The van der Waals surface area contributed by atoms with Gasteiger partial charge in [0.1, 0.15) is 5.82 Å². The number of likely N-dealkylation sites (tertiary alicyclic amines) is 1. The summed E-state index contributed by atoms with van der Waals surface area (Å²) in [7, 11) is 3.70. The number of phenolic OH excluding ortho intramolecular Hbond substituents is 1. The van der Waals surface area contributed by atoms with Crippen molar-refractivity contribution in [1.82, 2.24) is 9.80 Å². The highest BCUT2D eigenvalue weighted by molar-refractivity contribution is 5.41. The minimum Gasteiger partial charge on any atom is -0.504 e. The van der Waals surface area contributed by atoms with Crippen molar-refractivity contribution in [1.29, 1.82) is 0 Å². The minimum absolute atomic E-state index is 0.171. The molecule has 5 heteroatoms. The normalized spacial score (nSPS) is 17.8. The zero-order valence-corrected chi connectivity index (χ0v) is 16.9. The monoisotopic (exact) mass is 386 g/mol. The Labute approximate surface area is 167 Å². The minimum atomic E-state index is -0.171. The van der Waals surface area contributed by atoms with Crippen molar-refractivity contribution >= 4 is 0 Å². The summed E-state index contributed by atoms with van der Waals surface area (Å²) in [5, 5.41) is 9.96.